The molecule has 0 aliphatic rings. The van der Waals surface area contributed by atoms with E-state index in [0.29, 0.717) is 28.7 Å². The van der Waals surface area contributed by atoms with E-state index in [-0.39, 0.29) is 5.02 Å². The van der Waals surface area contributed by atoms with E-state index in [1.54, 1.807) is 31.4 Å². The molecule has 0 saturated carbocycles. The Morgan fingerprint density at radius 3 is 2.62 bits per heavy atom. The number of nitrogens with one attached hydrogen (secondary N) is 1. The average Bonchev–Trinajstić information content (AvgIpc) is 2.64. The highest BCUT2D eigenvalue weighted by Crippen LogP contribution is 2.28. The van der Waals surface area contributed by atoms with E-state index in [4.69, 9.17) is 32.7 Å². The molecule has 0 aromatic heterocycles. The van der Waals surface area contributed by atoms with Crippen LogP contribution in [0.1, 0.15) is 24.2 Å². The van der Waals surface area contributed by atoms with Gasteiger partial charge in [0.05, 0.1) is 23.8 Å². The Bertz CT molecular complexity index is 808. The maximum absolute atomic E-state index is 12.1. The Kier molecular flexibility index (Phi) is 7.33. The Morgan fingerprint density at radius 2 is 1.96 bits per heavy atom. The lowest BCUT2D eigenvalue weighted by Gasteiger charge is -2.11. The Hall–Kier alpha value is -2.21. The smallest absolute Gasteiger partial charge is 0.257 e. The fourth-order valence-corrected chi connectivity index (χ4v) is 2.50. The number of halogens is 2. The fraction of sp³-hybridized carbons (Fsp3) is 0.211. The number of carbonyl (C=O) groups excluding carboxylic acids is 1. The number of rotatable bonds is 7. The van der Waals surface area contributed by atoms with Gasteiger partial charge < -0.3 is 19.9 Å². The van der Waals surface area contributed by atoms with E-state index in [9.17, 15) is 9.90 Å². The van der Waals surface area contributed by atoms with Crippen LogP contribution in [0.5, 0.6) is 11.5 Å². The zero-order chi connectivity index (χ0) is 19.1. The molecule has 2 rings (SSSR count). The molecule has 7 heteroatoms. The van der Waals surface area contributed by atoms with Crippen LogP contribution in [0.3, 0.4) is 0 Å². The van der Waals surface area contributed by atoms with Gasteiger partial charge in [-0.15, -0.1) is 0 Å². The summed E-state index contributed by atoms with van der Waals surface area (Å²) in [6.45, 7) is 2.43. The lowest BCUT2D eigenvalue weighted by Crippen LogP contribution is -2.24. The minimum absolute atomic E-state index is 0.271. The third-order valence-corrected chi connectivity index (χ3v) is 4.24. The van der Waals surface area contributed by atoms with Gasteiger partial charge >= 0.3 is 0 Å². The van der Waals surface area contributed by atoms with Gasteiger partial charge in [0.1, 0.15) is 0 Å². The van der Waals surface area contributed by atoms with Crippen LogP contribution in [0.4, 0.5) is 0 Å². The third kappa shape index (κ3) is 5.14. The second kappa shape index (κ2) is 9.48. The number of carbonyl (C=O) groups is 1. The lowest BCUT2D eigenvalue weighted by atomic mass is 10.1. The highest BCUT2D eigenvalue weighted by atomic mass is 35.5. The van der Waals surface area contributed by atoms with Crippen LogP contribution in [0.25, 0.3) is 6.08 Å². The molecule has 0 aliphatic heterocycles. The van der Waals surface area contributed by atoms with Gasteiger partial charge in [-0.1, -0.05) is 35.3 Å². The molecule has 1 atom stereocenters. The van der Waals surface area contributed by atoms with Gasteiger partial charge in [0.15, 0.2) is 17.6 Å². The summed E-state index contributed by atoms with van der Waals surface area (Å²) < 4.78 is 10.7. The first-order chi connectivity index (χ1) is 12.5. The van der Waals surface area contributed by atoms with Gasteiger partial charge in [-0.05, 0) is 48.4 Å². The Balaban J connectivity index is 2.02. The molecule has 0 heterocycles. The van der Waals surface area contributed by atoms with Crippen LogP contribution in [-0.4, -0.2) is 24.7 Å². The van der Waals surface area contributed by atoms with Gasteiger partial charge in [-0.3, -0.25) is 4.79 Å². The van der Waals surface area contributed by atoms with Crippen molar-refractivity contribution in [1.82, 2.24) is 5.32 Å². The maximum atomic E-state index is 12.1. The number of aliphatic hydroxyl groups excluding tert-OH is 1. The molecule has 0 saturated heterocycles. The highest BCUT2D eigenvalue weighted by molar-refractivity contribution is 6.42. The van der Waals surface area contributed by atoms with Crippen LogP contribution in [-0.2, 0) is 4.79 Å². The van der Waals surface area contributed by atoms with Crippen LogP contribution in [0.15, 0.2) is 42.6 Å². The van der Waals surface area contributed by atoms with Gasteiger partial charge in [0.2, 0.25) is 0 Å². The standard InChI is InChI=1S/C19H19Cl2NO4/c1-3-26-16-7-4-12(10-17(16)25-2)8-9-22-19(24)18(23)13-5-6-14(20)15(21)11-13/h4-11,18,23H,3H2,1-2H3,(H,22,24)/b9-8-. The summed E-state index contributed by atoms with van der Waals surface area (Å²) in [7, 11) is 1.56. The molecule has 0 fully saturated rings. The molecule has 2 aromatic rings. The van der Waals surface area contributed by atoms with Crippen molar-refractivity contribution in [3.8, 4) is 11.5 Å². The van der Waals surface area contributed by atoms with Gasteiger partial charge in [-0.25, -0.2) is 0 Å². The summed E-state index contributed by atoms with van der Waals surface area (Å²) in [5.74, 6) is 0.653. The topological polar surface area (TPSA) is 67.8 Å². The van der Waals surface area contributed by atoms with Crippen molar-refractivity contribution in [2.45, 2.75) is 13.0 Å². The number of aliphatic hydroxyl groups is 1. The summed E-state index contributed by atoms with van der Waals surface area (Å²) in [5, 5.41) is 13.2. The summed E-state index contributed by atoms with van der Waals surface area (Å²) in [6, 6.07) is 9.91. The van der Waals surface area contributed by atoms with Gasteiger partial charge in [0.25, 0.3) is 5.91 Å². The van der Waals surface area contributed by atoms with Crippen molar-refractivity contribution < 1.29 is 19.4 Å². The average molecular weight is 396 g/mol. The fourth-order valence-electron chi connectivity index (χ4n) is 2.20. The van der Waals surface area contributed by atoms with Crippen molar-refractivity contribution >= 4 is 35.2 Å². The van der Waals surface area contributed by atoms with Crippen molar-refractivity contribution in [1.29, 1.82) is 0 Å². The number of hydrogen-bond donors (Lipinski definition) is 2. The summed E-state index contributed by atoms with van der Waals surface area (Å²) >= 11 is 11.7. The van der Waals surface area contributed by atoms with Crippen molar-refractivity contribution in [3.63, 3.8) is 0 Å². The highest BCUT2D eigenvalue weighted by Gasteiger charge is 2.17. The molecule has 0 aliphatic carbocycles. The van der Waals surface area contributed by atoms with Gasteiger partial charge in [-0.2, -0.15) is 0 Å². The predicted molar refractivity (Wildman–Crippen MR) is 103 cm³/mol. The largest absolute Gasteiger partial charge is 0.493 e. The van der Waals surface area contributed by atoms with E-state index in [1.807, 2.05) is 13.0 Å². The van der Waals surface area contributed by atoms with Crippen LogP contribution in [0.2, 0.25) is 10.0 Å². The molecule has 1 amide bonds. The normalized spacial score (nSPS) is 12.0. The molecule has 1 unspecified atom stereocenters. The molecule has 0 bridgehead atoms. The summed E-state index contributed by atoms with van der Waals surface area (Å²) in [4.78, 5) is 12.1. The van der Waals surface area contributed by atoms with Crippen molar-refractivity contribution in [2.75, 3.05) is 13.7 Å². The number of benzene rings is 2. The molecular weight excluding hydrogens is 377 g/mol. The van der Waals surface area contributed by atoms with E-state index >= 15 is 0 Å². The minimum atomic E-state index is -1.36. The minimum Gasteiger partial charge on any atom is -0.493 e. The number of hydrogen-bond acceptors (Lipinski definition) is 4. The molecule has 2 aromatic carbocycles. The van der Waals surface area contributed by atoms with E-state index in [2.05, 4.69) is 5.32 Å². The van der Waals surface area contributed by atoms with Crippen LogP contribution in [0, 0.1) is 0 Å². The summed E-state index contributed by atoms with van der Waals surface area (Å²) in [6.07, 6.45) is 1.76. The third-order valence-electron chi connectivity index (χ3n) is 3.50. The molecule has 2 N–H and O–H groups in total. The van der Waals surface area contributed by atoms with E-state index in [1.165, 1.54) is 18.3 Å². The molecule has 26 heavy (non-hydrogen) atoms. The first kappa shape index (κ1) is 20.1. The molecule has 0 spiro atoms. The van der Waals surface area contributed by atoms with Crippen LogP contribution < -0.4 is 14.8 Å². The second-order valence-electron chi connectivity index (χ2n) is 5.26. The zero-order valence-corrected chi connectivity index (χ0v) is 15.8. The number of ether oxygens (including phenoxy) is 2. The quantitative estimate of drug-likeness (QED) is 0.736. The van der Waals surface area contributed by atoms with Crippen molar-refractivity contribution in [3.05, 3.63) is 63.8 Å². The summed E-state index contributed by atoms with van der Waals surface area (Å²) in [5.41, 5.74) is 1.16. The van der Waals surface area contributed by atoms with Gasteiger partial charge in [0, 0.05) is 6.20 Å². The number of methoxy groups -OCH3 is 1. The molecule has 0 radical (unpaired) electrons. The predicted octanol–water partition coefficient (Wildman–Crippen LogP) is 4.22. The number of amides is 1. The molecule has 138 valence electrons. The van der Waals surface area contributed by atoms with E-state index in [0.717, 1.165) is 5.56 Å². The Labute approximate surface area is 162 Å². The molecular formula is C19H19Cl2NO4. The van der Waals surface area contributed by atoms with E-state index < -0.39 is 12.0 Å². The maximum Gasteiger partial charge on any atom is 0.257 e. The zero-order valence-electron chi connectivity index (χ0n) is 14.3. The Morgan fingerprint density at radius 1 is 1.19 bits per heavy atom. The SMILES string of the molecule is CCOc1ccc(/C=C\NC(=O)C(O)c2ccc(Cl)c(Cl)c2)cc1OC. The first-order valence-electron chi connectivity index (χ1n) is 7.87. The molecule has 5 nitrogen and oxygen atoms in total. The lowest BCUT2D eigenvalue weighted by molar-refractivity contribution is -0.128. The second-order valence-corrected chi connectivity index (χ2v) is 6.08. The van der Waals surface area contributed by atoms with Crippen molar-refractivity contribution in [2.24, 2.45) is 0 Å². The first-order valence-corrected chi connectivity index (χ1v) is 8.62. The monoisotopic (exact) mass is 395 g/mol. The van der Waals surface area contributed by atoms with Crippen LogP contribution >= 0.6 is 23.2 Å².